The van der Waals surface area contributed by atoms with Gasteiger partial charge >= 0.3 is 0 Å². The van der Waals surface area contributed by atoms with Crippen LogP contribution < -0.4 is 15.6 Å². The van der Waals surface area contributed by atoms with Gasteiger partial charge in [0.05, 0.1) is 0 Å². The Morgan fingerprint density at radius 2 is 2.00 bits per heavy atom. The van der Waals surface area contributed by atoms with Gasteiger partial charge in [-0.05, 0) is 30.5 Å². The zero-order valence-corrected chi connectivity index (χ0v) is 15.2. The Bertz CT molecular complexity index is 912. The Labute approximate surface area is 156 Å². The summed E-state index contributed by atoms with van der Waals surface area (Å²) in [6.07, 6.45) is -0.996. The number of hydrazine groups is 1. The lowest BCUT2D eigenvalue weighted by Crippen LogP contribution is -2.47. The molecule has 3 aromatic rings. The summed E-state index contributed by atoms with van der Waals surface area (Å²) in [5.41, 5.74) is 5.65. The highest BCUT2D eigenvalue weighted by atomic mass is 32.1. The maximum absolute atomic E-state index is 13.5. The molecule has 2 amide bonds. The molecule has 0 unspecified atom stereocenters. The topological polar surface area (TPSA) is 80.3 Å². The molecule has 6 nitrogen and oxygen atoms in total. The van der Waals surface area contributed by atoms with E-state index in [-0.39, 0.29) is 11.4 Å². The lowest BCUT2D eigenvalue weighted by molar-refractivity contribution is -0.128. The predicted molar refractivity (Wildman–Crippen MR) is 97.5 cm³/mol. The normalized spacial score (nSPS) is 11.6. The second-order valence-corrected chi connectivity index (χ2v) is 6.82. The third-order valence-corrected chi connectivity index (χ3v) is 4.89. The summed E-state index contributed by atoms with van der Waals surface area (Å²) in [7, 11) is 0. The minimum absolute atomic E-state index is 0.0404. The van der Waals surface area contributed by atoms with Crippen molar-refractivity contribution in [2.45, 2.75) is 13.0 Å². The first kappa shape index (κ1) is 18.0. The number of ether oxygens (including phenoxy) is 1. The fraction of sp³-hybridized carbons (Fsp3) is 0.118. The molecule has 0 aliphatic carbocycles. The molecule has 0 fully saturated rings. The lowest BCUT2D eigenvalue weighted by atomic mass is 10.3. The molecule has 0 aliphatic heterocycles. The van der Waals surface area contributed by atoms with Crippen LogP contribution in [-0.4, -0.2) is 22.9 Å². The van der Waals surface area contributed by atoms with Gasteiger partial charge in [-0.3, -0.25) is 20.4 Å². The van der Waals surface area contributed by atoms with Crippen LogP contribution in [0.5, 0.6) is 5.75 Å². The molecule has 0 aliphatic rings. The number of nitrogens with one attached hydrogen (secondary N) is 2. The number of halogens is 1. The van der Waals surface area contributed by atoms with Crippen LogP contribution in [-0.2, 0) is 4.79 Å². The summed E-state index contributed by atoms with van der Waals surface area (Å²) in [5.74, 6) is -1.77. The van der Waals surface area contributed by atoms with Crippen LogP contribution in [0.4, 0.5) is 4.39 Å². The number of carbonyl (C=O) groups is 2. The van der Waals surface area contributed by atoms with Gasteiger partial charge in [0.25, 0.3) is 11.8 Å². The molecule has 0 saturated carbocycles. The molecule has 2 aromatic heterocycles. The molecule has 2 heterocycles. The second kappa shape index (κ2) is 8.07. The minimum atomic E-state index is -0.996. The van der Waals surface area contributed by atoms with Gasteiger partial charge in [-0.2, -0.15) is 11.3 Å². The van der Waals surface area contributed by atoms with E-state index < -0.39 is 23.7 Å². The predicted octanol–water partition coefficient (Wildman–Crippen LogP) is 3.24. The number of aromatic nitrogens is 1. The fourth-order valence-corrected chi connectivity index (χ4v) is 3.48. The number of thiazole rings is 1. The van der Waals surface area contributed by atoms with Crippen LogP contribution in [0.25, 0.3) is 10.6 Å². The van der Waals surface area contributed by atoms with Gasteiger partial charge < -0.3 is 4.74 Å². The standard InChI is InChI=1S/C17H14FN3O3S2/c1-10(24-14-5-3-2-4-12(14)18)15(22)20-21-16(23)13-9-26-17(19-13)11-6-7-25-8-11/h2-10H,1H3,(H,20,22)(H,21,23)/t10-/m0/s1. The third-order valence-electron chi connectivity index (χ3n) is 3.31. The number of para-hydroxylation sites is 1. The van der Waals surface area contributed by atoms with Crippen molar-refractivity contribution < 1.29 is 18.7 Å². The quantitative estimate of drug-likeness (QED) is 0.655. The first-order valence-corrected chi connectivity index (χ1v) is 9.36. The number of hydrogen-bond donors (Lipinski definition) is 2. The monoisotopic (exact) mass is 391 g/mol. The molecule has 1 atom stereocenters. The highest BCUT2D eigenvalue weighted by molar-refractivity contribution is 7.14. The molecule has 0 radical (unpaired) electrons. The highest BCUT2D eigenvalue weighted by Crippen LogP contribution is 2.25. The first-order valence-electron chi connectivity index (χ1n) is 7.54. The summed E-state index contributed by atoms with van der Waals surface area (Å²) in [6.45, 7) is 1.45. The van der Waals surface area contributed by atoms with Crippen molar-refractivity contribution in [3.8, 4) is 16.3 Å². The van der Waals surface area contributed by atoms with E-state index in [0.717, 1.165) is 10.6 Å². The minimum Gasteiger partial charge on any atom is -0.478 e. The van der Waals surface area contributed by atoms with E-state index in [4.69, 9.17) is 4.74 Å². The number of hydrogen-bond acceptors (Lipinski definition) is 6. The summed E-state index contributed by atoms with van der Waals surface area (Å²) in [6, 6.07) is 7.67. The van der Waals surface area contributed by atoms with Crippen LogP contribution in [0, 0.1) is 5.82 Å². The van der Waals surface area contributed by atoms with E-state index in [1.165, 1.54) is 47.8 Å². The largest absolute Gasteiger partial charge is 0.478 e. The van der Waals surface area contributed by atoms with E-state index >= 15 is 0 Å². The Kier molecular flexibility index (Phi) is 5.59. The van der Waals surface area contributed by atoms with E-state index in [0.29, 0.717) is 0 Å². The molecular formula is C17H14FN3O3S2. The average Bonchev–Trinajstić information content (AvgIpc) is 3.32. The maximum atomic E-state index is 13.5. The summed E-state index contributed by atoms with van der Waals surface area (Å²) in [5, 5.41) is 6.19. The molecule has 1 aromatic carbocycles. The van der Waals surface area contributed by atoms with Gasteiger partial charge in [-0.15, -0.1) is 11.3 Å². The van der Waals surface area contributed by atoms with Crippen molar-refractivity contribution in [2.75, 3.05) is 0 Å². The molecule has 0 saturated heterocycles. The van der Waals surface area contributed by atoms with Crippen molar-refractivity contribution >= 4 is 34.5 Å². The summed E-state index contributed by atoms with van der Waals surface area (Å²) in [4.78, 5) is 28.3. The number of carbonyl (C=O) groups excluding carboxylic acids is 2. The summed E-state index contributed by atoms with van der Waals surface area (Å²) >= 11 is 2.87. The van der Waals surface area contributed by atoms with E-state index in [1.807, 2.05) is 16.8 Å². The van der Waals surface area contributed by atoms with Crippen molar-refractivity contribution in [3.05, 3.63) is 58.0 Å². The molecular weight excluding hydrogens is 377 g/mol. The third kappa shape index (κ3) is 4.24. The maximum Gasteiger partial charge on any atom is 0.289 e. The molecule has 9 heteroatoms. The fourth-order valence-electron chi connectivity index (χ4n) is 1.97. The molecule has 134 valence electrons. The van der Waals surface area contributed by atoms with Crippen LogP contribution in [0.3, 0.4) is 0 Å². The molecule has 0 bridgehead atoms. The SMILES string of the molecule is C[C@H](Oc1ccccc1F)C(=O)NNC(=O)c1csc(-c2ccsc2)n1. The van der Waals surface area contributed by atoms with E-state index in [1.54, 1.807) is 11.4 Å². The van der Waals surface area contributed by atoms with Gasteiger partial charge in [0.2, 0.25) is 0 Å². The number of thiophene rings is 1. The Morgan fingerprint density at radius 3 is 2.73 bits per heavy atom. The number of nitrogens with zero attached hydrogens (tertiary/aromatic N) is 1. The smallest absolute Gasteiger partial charge is 0.289 e. The molecule has 26 heavy (non-hydrogen) atoms. The molecule has 0 spiro atoms. The Balaban J connectivity index is 1.54. The van der Waals surface area contributed by atoms with E-state index in [2.05, 4.69) is 15.8 Å². The number of amides is 2. The van der Waals surface area contributed by atoms with Crippen LogP contribution >= 0.6 is 22.7 Å². The second-order valence-electron chi connectivity index (χ2n) is 5.18. The molecule has 3 rings (SSSR count). The molecule has 2 N–H and O–H groups in total. The van der Waals surface area contributed by atoms with Crippen LogP contribution in [0.1, 0.15) is 17.4 Å². The Morgan fingerprint density at radius 1 is 1.19 bits per heavy atom. The van der Waals surface area contributed by atoms with Crippen molar-refractivity contribution in [1.82, 2.24) is 15.8 Å². The highest BCUT2D eigenvalue weighted by Gasteiger charge is 2.18. The van der Waals surface area contributed by atoms with Gasteiger partial charge in [0.15, 0.2) is 17.7 Å². The van der Waals surface area contributed by atoms with Crippen molar-refractivity contribution in [1.29, 1.82) is 0 Å². The number of benzene rings is 1. The van der Waals surface area contributed by atoms with Gasteiger partial charge in [0.1, 0.15) is 10.7 Å². The van der Waals surface area contributed by atoms with Crippen molar-refractivity contribution in [3.63, 3.8) is 0 Å². The average molecular weight is 391 g/mol. The van der Waals surface area contributed by atoms with Gasteiger partial charge in [-0.25, -0.2) is 9.37 Å². The number of rotatable bonds is 5. The van der Waals surface area contributed by atoms with Crippen molar-refractivity contribution in [2.24, 2.45) is 0 Å². The zero-order chi connectivity index (χ0) is 18.5. The Hall–Kier alpha value is -2.78. The lowest BCUT2D eigenvalue weighted by Gasteiger charge is -2.15. The van der Waals surface area contributed by atoms with Gasteiger partial charge in [-0.1, -0.05) is 12.1 Å². The van der Waals surface area contributed by atoms with E-state index in [9.17, 15) is 14.0 Å². The first-order chi connectivity index (χ1) is 12.5. The summed E-state index contributed by atoms with van der Waals surface area (Å²) < 4.78 is 18.8. The van der Waals surface area contributed by atoms with Crippen LogP contribution in [0.2, 0.25) is 0 Å². The van der Waals surface area contributed by atoms with Gasteiger partial charge in [0, 0.05) is 16.3 Å². The van der Waals surface area contributed by atoms with Crippen LogP contribution in [0.15, 0.2) is 46.5 Å². The zero-order valence-electron chi connectivity index (χ0n) is 13.6.